The summed E-state index contributed by atoms with van der Waals surface area (Å²) in [7, 11) is 0. The first-order valence-corrected chi connectivity index (χ1v) is 7.77. The van der Waals surface area contributed by atoms with Crippen LogP contribution in [0.25, 0.3) is 10.8 Å². The van der Waals surface area contributed by atoms with Crippen LogP contribution in [0.15, 0.2) is 24.4 Å². The second-order valence-electron chi connectivity index (χ2n) is 6.13. The van der Waals surface area contributed by atoms with E-state index in [4.69, 9.17) is 5.73 Å². The smallest absolute Gasteiger partial charge is 0.0425 e. The molecule has 0 bridgehead atoms. The van der Waals surface area contributed by atoms with Crippen molar-refractivity contribution in [2.75, 3.05) is 30.7 Å². The van der Waals surface area contributed by atoms with Crippen molar-refractivity contribution in [3.63, 3.8) is 0 Å². The van der Waals surface area contributed by atoms with Gasteiger partial charge in [0.05, 0.1) is 0 Å². The molecule has 1 aliphatic rings. The minimum atomic E-state index is 0.420. The van der Waals surface area contributed by atoms with Gasteiger partial charge in [-0.3, -0.25) is 4.98 Å². The normalized spacial score (nSPS) is 17.2. The molecule has 1 saturated heterocycles. The van der Waals surface area contributed by atoms with Gasteiger partial charge in [0.1, 0.15) is 0 Å². The number of anilines is 2. The molecule has 0 spiro atoms. The van der Waals surface area contributed by atoms with E-state index in [9.17, 15) is 0 Å². The Hall–Kier alpha value is -1.81. The lowest BCUT2D eigenvalue weighted by Gasteiger charge is -2.23. The molecular weight excluding hydrogens is 260 g/mol. The van der Waals surface area contributed by atoms with Crippen molar-refractivity contribution in [3.05, 3.63) is 30.1 Å². The second-order valence-corrected chi connectivity index (χ2v) is 6.13. The molecule has 21 heavy (non-hydrogen) atoms. The molecule has 1 aromatic carbocycles. The molecule has 4 nitrogen and oxygen atoms in total. The van der Waals surface area contributed by atoms with Crippen LogP contribution < -0.4 is 11.1 Å². The minimum absolute atomic E-state index is 0.420. The summed E-state index contributed by atoms with van der Waals surface area (Å²) in [5.74, 6) is 0. The molecule has 1 aliphatic heterocycles. The number of hydrogen-bond donors (Lipinski definition) is 2. The number of nitrogens with one attached hydrogen (secondary N) is 1. The Kier molecular flexibility index (Phi) is 3.97. The van der Waals surface area contributed by atoms with Gasteiger partial charge in [0.15, 0.2) is 0 Å². The lowest BCUT2D eigenvalue weighted by molar-refractivity contribution is 0.328. The molecule has 112 valence electrons. The van der Waals surface area contributed by atoms with Crippen molar-refractivity contribution in [2.45, 2.75) is 32.7 Å². The first-order valence-electron chi connectivity index (χ1n) is 7.77. The Morgan fingerprint density at radius 1 is 1.29 bits per heavy atom. The predicted octanol–water partition coefficient (Wildman–Crippen LogP) is 3.02. The highest BCUT2D eigenvalue weighted by Crippen LogP contribution is 2.28. The Balaban J connectivity index is 1.82. The summed E-state index contributed by atoms with van der Waals surface area (Å²) in [6, 6.07) is 6.57. The lowest BCUT2D eigenvalue weighted by Crippen LogP contribution is -2.33. The van der Waals surface area contributed by atoms with E-state index < -0.39 is 0 Å². The molecule has 3 rings (SSSR count). The third-order valence-corrected chi connectivity index (χ3v) is 4.20. The van der Waals surface area contributed by atoms with E-state index in [-0.39, 0.29) is 0 Å². The first kappa shape index (κ1) is 14.1. The molecule has 2 heterocycles. The zero-order valence-electron chi connectivity index (χ0n) is 12.9. The first-order chi connectivity index (χ1) is 10.1. The Morgan fingerprint density at radius 2 is 2.05 bits per heavy atom. The number of aromatic nitrogens is 1. The number of benzene rings is 1. The quantitative estimate of drug-likeness (QED) is 0.847. The van der Waals surface area contributed by atoms with Gasteiger partial charge in [0.25, 0.3) is 0 Å². The molecule has 0 amide bonds. The zero-order valence-corrected chi connectivity index (χ0v) is 12.9. The van der Waals surface area contributed by atoms with Gasteiger partial charge in [-0.25, -0.2) is 0 Å². The number of rotatable bonds is 4. The molecule has 0 saturated carbocycles. The third-order valence-electron chi connectivity index (χ3n) is 4.20. The van der Waals surface area contributed by atoms with Crippen LogP contribution in [-0.4, -0.2) is 35.6 Å². The summed E-state index contributed by atoms with van der Waals surface area (Å²) in [6.07, 6.45) is 4.54. The summed E-state index contributed by atoms with van der Waals surface area (Å²) in [5.41, 5.74) is 9.02. The number of nitrogens with zero attached hydrogens (tertiary/aromatic N) is 2. The second kappa shape index (κ2) is 5.90. The summed E-state index contributed by atoms with van der Waals surface area (Å²) < 4.78 is 0. The highest BCUT2D eigenvalue weighted by molar-refractivity contribution is 6.00. The van der Waals surface area contributed by atoms with Crippen LogP contribution in [0, 0.1) is 6.92 Å². The number of fused-ring (bicyclic) bond motifs is 1. The van der Waals surface area contributed by atoms with Crippen LogP contribution in [0.3, 0.4) is 0 Å². The van der Waals surface area contributed by atoms with E-state index in [1.807, 2.05) is 19.2 Å². The Labute approximate surface area is 126 Å². The molecular formula is C17H24N4. The average molecular weight is 284 g/mol. The van der Waals surface area contributed by atoms with Gasteiger partial charge in [-0.1, -0.05) is 0 Å². The Bertz CT molecular complexity index is 632. The maximum Gasteiger partial charge on any atom is 0.0425 e. The zero-order chi connectivity index (χ0) is 14.8. The van der Waals surface area contributed by atoms with Crippen molar-refractivity contribution in [2.24, 2.45) is 0 Å². The largest absolute Gasteiger partial charge is 0.398 e. The molecule has 0 aliphatic carbocycles. The highest BCUT2D eigenvalue weighted by atomic mass is 15.2. The van der Waals surface area contributed by atoms with Crippen molar-refractivity contribution in [1.29, 1.82) is 0 Å². The van der Waals surface area contributed by atoms with Gasteiger partial charge in [-0.15, -0.1) is 0 Å². The molecule has 0 radical (unpaired) electrons. The molecule has 1 aromatic heterocycles. The maximum absolute atomic E-state index is 6.06. The molecule has 1 unspecified atom stereocenters. The monoisotopic (exact) mass is 284 g/mol. The summed E-state index contributed by atoms with van der Waals surface area (Å²) >= 11 is 0. The number of hydrogen-bond acceptors (Lipinski definition) is 4. The number of nitrogen functional groups attached to an aromatic ring is 1. The predicted molar refractivity (Wildman–Crippen MR) is 89.7 cm³/mol. The van der Waals surface area contributed by atoms with Crippen molar-refractivity contribution >= 4 is 22.1 Å². The number of likely N-dealkylation sites (tertiary alicyclic amines) is 1. The van der Waals surface area contributed by atoms with Gasteiger partial charge in [0.2, 0.25) is 0 Å². The van der Waals surface area contributed by atoms with Crippen molar-refractivity contribution in [3.8, 4) is 0 Å². The van der Waals surface area contributed by atoms with Crippen LogP contribution in [0.2, 0.25) is 0 Å². The van der Waals surface area contributed by atoms with Gasteiger partial charge in [-0.2, -0.15) is 0 Å². The number of nitrogens with two attached hydrogens (primary N) is 1. The summed E-state index contributed by atoms with van der Waals surface area (Å²) in [5, 5.41) is 5.83. The van der Waals surface area contributed by atoms with Crippen LogP contribution in [0.5, 0.6) is 0 Å². The highest BCUT2D eigenvalue weighted by Gasteiger charge is 2.15. The number of pyridine rings is 1. The van der Waals surface area contributed by atoms with Crippen LogP contribution in [0.4, 0.5) is 11.4 Å². The standard InChI is InChI=1S/C17H24N4/c1-12-9-14-15(10-19-12)16(18)5-6-17(14)20-13(2)11-21-7-3-4-8-21/h5-6,9-10,13,20H,3-4,7-8,11,18H2,1-2H3. The van der Waals surface area contributed by atoms with Crippen LogP contribution in [-0.2, 0) is 0 Å². The van der Waals surface area contributed by atoms with Gasteiger partial charge in [-0.05, 0) is 58.0 Å². The van der Waals surface area contributed by atoms with Gasteiger partial charge in [0, 0.05) is 46.6 Å². The van der Waals surface area contributed by atoms with Crippen LogP contribution in [0.1, 0.15) is 25.5 Å². The van der Waals surface area contributed by atoms with Crippen LogP contribution >= 0.6 is 0 Å². The summed E-state index contributed by atoms with van der Waals surface area (Å²) in [4.78, 5) is 6.89. The summed E-state index contributed by atoms with van der Waals surface area (Å²) in [6.45, 7) is 7.82. The fourth-order valence-corrected chi connectivity index (χ4v) is 3.15. The van der Waals surface area contributed by atoms with E-state index in [0.717, 1.165) is 34.4 Å². The topological polar surface area (TPSA) is 54.2 Å². The van der Waals surface area contributed by atoms with Crippen molar-refractivity contribution < 1.29 is 0 Å². The maximum atomic E-state index is 6.06. The molecule has 3 N–H and O–H groups in total. The minimum Gasteiger partial charge on any atom is -0.398 e. The molecule has 4 heteroatoms. The third kappa shape index (κ3) is 3.10. The lowest BCUT2D eigenvalue weighted by atomic mass is 10.1. The molecule has 1 atom stereocenters. The van der Waals surface area contributed by atoms with Gasteiger partial charge >= 0.3 is 0 Å². The fourth-order valence-electron chi connectivity index (χ4n) is 3.15. The van der Waals surface area contributed by atoms with Crippen molar-refractivity contribution in [1.82, 2.24) is 9.88 Å². The molecule has 1 fully saturated rings. The van der Waals surface area contributed by atoms with E-state index in [2.05, 4.69) is 34.3 Å². The average Bonchev–Trinajstić information content (AvgIpc) is 2.95. The van der Waals surface area contributed by atoms with E-state index in [0.29, 0.717) is 6.04 Å². The van der Waals surface area contributed by atoms with E-state index in [1.165, 1.54) is 25.9 Å². The number of aryl methyl sites for hydroxylation is 1. The SMILES string of the molecule is Cc1cc2c(NC(C)CN3CCCC3)ccc(N)c2cn1. The molecule has 2 aromatic rings. The fraction of sp³-hybridized carbons (Fsp3) is 0.471. The van der Waals surface area contributed by atoms with E-state index in [1.54, 1.807) is 0 Å². The van der Waals surface area contributed by atoms with Gasteiger partial charge < -0.3 is 16.0 Å². The van der Waals surface area contributed by atoms with E-state index >= 15 is 0 Å². The Morgan fingerprint density at radius 3 is 2.81 bits per heavy atom.